The molecule has 1 saturated carbocycles. The molecule has 2 aliphatic rings. The number of anilines is 1. The molecule has 5 nitrogen and oxygen atoms in total. The summed E-state index contributed by atoms with van der Waals surface area (Å²) in [6.07, 6.45) is 4.08. The molecule has 1 heterocycles. The Morgan fingerprint density at radius 2 is 1.81 bits per heavy atom. The molecule has 1 aromatic carbocycles. The van der Waals surface area contributed by atoms with Crippen LogP contribution in [0.15, 0.2) is 24.3 Å². The molecule has 0 unspecified atom stereocenters. The van der Waals surface area contributed by atoms with Crippen molar-refractivity contribution >= 4 is 29.9 Å². The third kappa shape index (κ3) is 4.19. The topological polar surface area (TPSA) is 70.2 Å². The van der Waals surface area contributed by atoms with E-state index in [9.17, 15) is 9.59 Å². The van der Waals surface area contributed by atoms with Crippen LogP contribution in [0.25, 0.3) is 0 Å². The molecule has 6 heteroatoms. The number of rotatable bonds is 4. The second kappa shape index (κ2) is 6.91. The molecule has 3 N–H and O–H groups in total. The van der Waals surface area contributed by atoms with Crippen LogP contribution in [-0.2, 0) is 4.79 Å². The van der Waals surface area contributed by atoms with Crippen molar-refractivity contribution in [3.8, 4) is 0 Å². The Labute approximate surface area is 130 Å². The summed E-state index contributed by atoms with van der Waals surface area (Å²) in [5, 5.41) is 8.97. The smallest absolute Gasteiger partial charge is 0.251 e. The predicted octanol–water partition coefficient (Wildman–Crippen LogP) is 1.69. The van der Waals surface area contributed by atoms with Crippen LogP contribution >= 0.6 is 12.4 Å². The first-order chi connectivity index (χ1) is 9.72. The van der Waals surface area contributed by atoms with Crippen molar-refractivity contribution in [1.82, 2.24) is 10.6 Å². The predicted molar refractivity (Wildman–Crippen MR) is 83.8 cm³/mol. The second-order valence-electron chi connectivity index (χ2n) is 5.46. The molecular weight excluding hydrogens is 290 g/mol. The Morgan fingerprint density at radius 1 is 1.10 bits per heavy atom. The van der Waals surface area contributed by atoms with E-state index in [0.29, 0.717) is 11.6 Å². The standard InChI is InChI=1S/C15H19N3O2.ClH/c19-14(17-12-7-8-12)10-3-5-11(6-4-10)18-15(20)13-2-1-9-16-13;/h3-6,12-13,16H,1-2,7-9H2,(H,17,19)(H,18,20);1H/t13-;/m0./s1. The normalized spacial score (nSPS) is 20.5. The van der Waals surface area contributed by atoms with Gasteiger partial charge in [0.25, 0.3) is 5.91 Å². The summed E-state index contributed by atoms with van der Waals surface area (Å²) in [7, 11) is 0. The lowest BCUT2D eigenvalue weighted by Crippen LogP contribution is -2.35. The fourth-order valence-electron chi connectivity index (χ4n) is 2.34. The summed E-state index contributed by atoms with van der Waals surface area (Å²) in [5.41, 5.74) is 1.36. The highest BCUT2D eigenvalue weighted by atomic mass is 35.5. The number of hydrogen-bond donors (Lipinski definition) is 3. The third-order valence-electron chi connectivity index (χ3n) is 3.70. The van der Waals surface area contributed by atoms with Gasteiger partial charge in [0.2, 0.25) is 5.91 Å². The molecule has 0 radical (unpaired) electrons. The van der Waals surface area contributed by atoms with Gasteiger partial charge in [-0.3, -0.25) is 9.59 Å². The van der Waals surface area contributed by atoms with Crippen LogP contribution < -0.4 is 16.0 Å². The van der Waals surface area contributed by atoms with Crippen LogP contribution in [0.2, 0.25) is 0 Å². The van der Waals surface area contributed by atoms with E-state index in [-0.39, 0.29) is 30.3 Å². The van der Waals surface area contributed by atoms with E-state index in [1.54, 1.807) is 24.3 Å². The van der Waals surface area contributed by atoms with Crippen molar-refractivity contribution in [1.29, 1.82) is 0 Å². The molecule has 1 saturated heterocycles. The summed E-state index contributed by atoms with van der Waals surface area (Å²) >= 11 is 0. The number of carbonyl (C=O) groups excluding carboxylic acids is 2. The van der Waals surface area contributed by atoms with E-state index in [2.05, 4.69) is 16.0 Å². The maximum atomic E-state index is 11.9. The van der Waals surface area contributed by atoms with Gasteiger partial charge in [-0.2, -0.15) is 0 Å². The minimum atomic E-state index is -0.0900. The fraction of sp³-hybridized carbons (Fsp3) is 0.467. The van der Waals surface area contributed by atoms with Gasteiger partial charge >= 0.3 is 0 Å². The molecule has 2 amide bonds. The summed E-state index contributed by atoms with van der Waals surface area (Å²) in [5.74, 6) is -0.0412. The van der Waals surface area contributed by atoms with Crippen LogP contribution in [0.3, 0.4) is 0 Å². The average molecular weight is 310 g/mol. The van der Waals surface area contributed by atoms with Gasteiger partial charge in [0.05, 0.1) is 6.04 Å². The fourth-order valence-corrected chi connectivity index (χ4v) is 2.34. The van der Waals surface area contributed by atoms with Gasteiger partial charge in [-0.1, -0.05) is 0 Å². The van der Waals surface area contributed by atoms with Crippen molar-refractivity contribution in [3.05, 3.63) is 29.8 Å². The highest BCUT2D eigenvalue weighted by molar-refractivity contribution is 5.97. The zero-order valence-electron chi connectivity index (χ0n) is 11.7. The first-order valence-electron chi connectivity index (χ1n) is 7.17. The summed E-state index contributed by atoms with van der Waals surface area (Å²) in [4.78, 5) is 23.8. The van der Waals surface area contributed by atoms with E-state index >= 15 is 0 Å². The van der Waals surface area contributed by atoms with Crippen molar-refractivity contribution in [2.24, 2.45) is 0 Å². The number of nitrogens with one attached hydrogen (secondary N) is 3. The Bertz CT molecular complexity index is 508. The van der Waals surface area contributed by atoms with Crippen LogP contribution in [0, 0.1) is 0 Å². The zero-order chi connectivity index (χ0) is 13.9. The van der Waals surface area contributed by atoms with Crippen LogP contribution in [-0.4, -0.2) is 30.4 Å². The zero-order valence-corrected chi connectivity index (χ0v) is 12.5. The SMILES string of the molecule is Cl.O=C(NC1CC1)c1ccc(NC(=O)[C@@H]2CCCN2)cc1. The molecule has 3 rings (SSSR count). The maximum Gasteiger partial charge on any atom is 0.251 e. The largest absolute Gasteiger partial charge is 0.349 e. The first kappa shape index (κ1) is 15.8. The molecule has 1 aliphatic heterocycles. The Kier molecular flexibility index (Phi) is 5.20. The molecule has 0 bridgehead atoms. The average Bonchev–Trinajstić information content (AvgIpc) is 3.08. The molecule has 0 spiro atoms. The summed E-state index contributed by atoms with van der Waals surface area (Å²) in [6.45, 7) is 0.901. The van der Waals surface area contributed by atoms with Crippen LogP contribution in [0.1, 0.15) is 36.0 Å². The molecular formula is C15H20ClN3O2. The van der Waals surface area contributed by atoms with E-state index in [1.807, 2.05) is 0 Å². The Morgan fingerprint density at radius 3 is 2.38 bits per heavy atom. The van der Waals surface area contributed by atoms with Crippen molar-refractivity contribution in [2.45, 2.75) is 37.8 Å². The van der Waals surface area contributed by atoms with E-state index in [4.69, 9.17) is 0 Å². The minimum absolute atomic E-state index is 0. The van der Waals surface area contributed by atoms with Crippen molar-refractivity contribution < 1.29 is 9.59 Å². The first-order valence-corrected chi connectivity index (χ1v) is 7.17. The van der Waals surface area contributed by atoms with Gasteiger partial charge in [-0.05, 0) is 56.5 Å². The highest BCUT2D eigenvalue weighted by Crippen LogP contribution is 2.19. The highest BCUT2D eigenvalue weighted by Gasteiger charge is 2.24. The summed E-state index contributed by atoms with van der Waals surface area (Å²) < 4.78 is 0. The lowest BCUT2D eigenvalue weighted by molar-refractivity contribution is -0.117. The molecule has 1 aromatic rings. The molecule has 1 aliphatic carbocycles. The number of benzene rings is 1. The minimum Gasteiger partial charge on any atom is -0.349 e. The van der Waals surface area contributed by atoms with Gasteiger partial charge in [0.1, 0.15) is 0 Å². The number of carbonyl (C=O) groups is 2. The monoisotopic (exact) mass is 309 g/mol. The van der Waals surface area contributed by atoms with Gasteiger partial charge in [-0.15, -0.1) is 12.4 Å². The van der Waals surface area contributed by atoms with Gasteiger partial charge in [0.15, 0.2) is 0 Å². The molecule has 1 atom stereocenters. The Balaban J connectivity index is 0.00000161. The van der Waals surface area contributed by atoms with Crippen molar-refractivity contribution in [3.63, 3.8) is 0 Å². The number of amides is 2. The number of hydrogen-bond acceptors (Lipinski definition) is 3. The van der Waals surface area contributed by atoms with E-state index in [1.165, 1.54) is 0 Å². The number of halogens is 1. The Hall–Kier alpha value is -1.59. The quantitative estimate of drug-likeness (QED) is 0.792. The summed E-state index contributed by atoms with van der Waals surface area (Å²) in [6, 6.07) is 7.30. The molecule has 114 valence electrons. The molecule has 2 fully saturated rings. The second-order valence-corrected chi connectivity index (χ2v) is 5.46. The van der Waals surface area contributed by atoms with E-state index in [0.717, 1.165) is 37.9 Å². The molecule has 21 heavy (non-hydrogen) atoms. The van der Waals surface area contributed by atoms with Crippen molar-refractivity contribution in [2.75, 3.05) is 11.9 Å². The lowest BCUT2D eigenvalue weighted by Gasteiger charge is -2.11. The lowest BCUT2D eigenvalue weighted by atomic mass is 10.1. The van der Waals surface area contributed by atoms with Gasteiger partial charge in [-0.25, -0.2) is 0 Å². The van der Waals surface area contributed by atoms with Gasteiger partial charge < -0.3 is 16.0 Å². The van der Waals surface area contributed by atoms with Crippen LogP contribution in [0.5, 0.6) is 0 Å². The molecule has 0 aromatic heterocycles. The maximum absolute atomic E-state index is 11.9. The van der Waals surface area contributed by atoms with E-state index < -0.39 is 0 Å². The van der Waals surface area contributed by atoms with Gasteiger partial charge in [0, 0.05) is 17.3 Å². The third-order valence-corrected chi connectivity index (χ3v) is 3.70. The van der Waals surface area contributed by atoms with Crippen LogP contribution in [0.4, 0.5) is 5.69 Å².